The Morgan fingerprint density at radius 2 is 1.80 bits per heavy atom. The Kier molecular flexibility index (Phi) is 5.75. The molecule has 30 heavy (non-hydrogen) atoms. The summed E-state index contributed by atoms with van der Waals surface area (Å²) in [6.45, 7) is 1.65. The summed E-state index contributed by atoms with van der Waals surface area (Å²) in [5.74, 6) is 0.994. The molecule has 2 fully saturated rings. The molecule has 4 rings (SSSR count). The van der Waals surface area contributed by atoms with Crippen LogP contribution in [0.5, 0.6) is 11.5 Å². The highest BCUT2D eigenvalue weighted by molar-refractivity contribution is 8.16. The number of benzene rings is 2. The molecule has 158 valence electrons. The summed E-state index contributed by atoms with van der Waals surface area (Å²) in [7, 11) is -1.54. The molecule has 2 heterocycles. The van der Waals surface area contributed by atoms with Crippen LogP contribution in [0.2, 0.25) is 0 Å². The molecule has 0 unspecified atom stereocenters. The van der Waals surface area contributed by atoms with Crippen LogP contribution >= 0.6 is 11.8 Å². The Bertz CT molecular complexity index is 1050. The number of hydrogen-bond acceptors (Lipinski definition) is 6. The molecule has 9 heteroatoms. The highest BCUT2D eigenvalue weighted by Crippen LogP contribution is 2.41. The molecule has 0 radical (unpaired) electrons. The number of carbonyl (C=O) groups excluding carboxylic acids is 1. The molecule has 0 spiro atoms. The molecule has 1 amide bonds. The molecule has 2 saturated heterocycles. The second kappa shape index (κ2) is 8.31. The van der Waals surface area contributed by atoms with Crippen LogP contribution in [0.25, 0.3) is 0 Å². The molecule has 7 nitrogen and oxygen atoms in total. The minimum absolute atomic E-state index is 0.0416. The number of amides is 1. The van der Waals surface area contributed by atoms with Gasteiger partial charge in [0.1, 0.15) is 11.5 Å². The van der Waals surface area contributed by atoms with Crippen molar-refractivity contribution in [2.45, 2.75) is 24.3 Å². The number of nitrogens with zero attached hydrogens (tertiary/aromatic N) is 2. The first kappa shape index (κ1) is 20.7. The van der Waals surface area contributed by atoms with Crippen LogP contribution in [0.3, 0.4) is 0 Å². The fourth-order valence-corrected chi connectivity index (χ4v) is 7.47. The fraction of sp³-hybridized carbons (Fsp3) is 0.333. The van der Waals surface area contributed by atoms with Gasteiger partial charge in [0.15, 0.2) is 21.1 Å². The highest BCUT2D eigenvalue weighted by atomic mass is 32.2. The van der Waals surface area contributed by atoms with E-state index >= 15 is 0 Å². The van der Waals surface area contributed by atoms with Crippen LogP contribution in [0, 0.1) is 0 Å². The smallest absolute Gasteiger partial charge is 0.288 e. The number of fused-ring (bicyclic) bond motifs is 1. The Labute approximate surface area is 180 Å². The van der Waals surface area contributed by atoms with Crippen molar-refractivity contribution in [1.29, 1.82) is 0 Å². The van der Waals surface area contributed by atoms with Gasteiger partial charge in [0.2, 0.25) is 0 Å². The van der Waals surface area contributed by atoms with E-state index in [4.69, 9.17) is 9.47 Å². The summed E-state index contributed by atoms with van der Waals surface area (Å²) >= 11 is 1.34. The number of thioether (sulfide) groups is 1. The van der Waals surface area contributed by atoms with Crippen LogP contribution < -0.4 is 14.4 Å². The average molecular weight is 447 g/mol. The third-order valence-electron chi connectivity index (χ3n) is 5.03. The molecule has 0 saturated carbocycles. The van der Waals surface area contributed by atoms with Crippen molar-refractivity contribution >= 4 is 38.4 Å². The summed E-state index contributed by atoms with van der Waals surface area (Å²) in [5.41, 5.74) is 0.774. The number of ether oxygens (including phenoxy) is 2. The van der Waals surface area contributed by atoms with Gasteiger partial charge in [0, 0.05) is 10.9 Å². The van der Waals surface area contributed by atoms with E-state index in [-0.39, 0.29) is 22.8 Å². The molecule has 2 aliphatic heterocycles. The van der Waals surface area contributed by atoms with Gasteiger partial charge in [-0.1, -0.05) is 30.0 Å². The zero-order chi connectivity index (χ0) is 21.3. The van der Waals surface area contributed by atoms with Crippen LogP contribution in [0.15, 0.2) is 59.6 Å². The van der Waals surface area contributed by atoms with Gasteiger partial charge in [0.05, 0.1) is 24.7 Å². The molecule has 0 bridgehead atoms. The van der Waals surface area contributed by atoms with Gasteiger partial charge in [-0.15, -0.1) is 0 Å². The normalized spacial score (nSPS) is 24.5. The minimum Gasteiger partial charge on any atom is -0.497 e. The number of hydrogen-bond donors (Lipinski definition) is 0. The predicted octanol–water partition coefficient (Wildman–Crippen LogP) is 2.76. The van der Waals surface area contributed by atoms with E-state index in [1.807, 2.05) is 35.2 Å². The van der Waals surface area contributed by atoms with E-state index in [9.17, 15) is 13.2 Å². The molecule has 0 aliphatic carbocycles. The van der Waals surface area contributed by atoms with Crippen LogP contribution in [0.4, 0.5) is 5.69 Å². The third-order valence-corrected chi connectivity index (χ3v) is 8.24. The lowest BCUT2D eigenvalue weighted by Crippen LogP contribution is -2.38. The van der Waals surface area contributed by atoms with Crippen molar-refractivity contribution in [3.8, 4) is 11.5 Å². The number of methoxy groups -OCH3 is 1. The summed E-state index contributed by atoms with van der Waals surface area (Å²) in [5, 5.41) is 0.340. The zero-order valence-corrected chi connectivity index (χ0v) is 18.2. The Morgan fingerprint density at radius 1 is 1.10 bits per heavy atom. The summed E-state index contributed by atoms with van der Waals surface area (Å²) in [4.78, 5) is 18.9. The van der Waals surface area contributed by atoms with E-state index in [0.717, 1.165) is 5.69 Å². The van der Waals surface area contributed by atoms with Crippen molar-refractivity contribution in [1.82, 2.24) is 0 Å². The monoisotopic (exact) mass is 446 g/mol. The molecule has 2 aromatic carbocycles. The van der Waals surface area contributed by atoms with E-state index in [2.05, 4.69) is 4.99 Å². The van der Waals surface area contributed by atoms with Gasteiger partial charge < -0.3 is 14.4 Å². The Morgan fingerprint density at radius 3 is 2.47 bits per heavy atom. The first-order chi connectivity index (χ1) is 14.4. The number of para-hydroxylation sites is 1. The minimum atomic E-state index is -3.12. The Hall–Kier alpha value is -2.52. The molecule has 2 aliphatic rings. The number of carbonyl (C=O) groups is 1. The summed E-state index contributed by atoms with van der Waals surface area (Å²) in [6, 6.07) is 16.1. The van der Waals surface area contributed by atoms with Crippen LogP contribution in [0.1, 0.15) is 6.92 Å². The summed E-state index contributed by atoms with van der Waals surface area (Å²) < 4.78 is 35.2. The second-order valence-electron chi connectivity index (χ2n) is 7.17. The fourth-order valence-electron chi connectivity index (χ4n) is 3.55. The SMILES string of the molecule is COc1ccc(N2C(=NC(=O)[C@H](C)Oc3ccccc3)S[C@H]3CS(=O)(=O)C[C@H]32)cc1. The predicted molar refractivity (Wildman–Crippen MR) is 118 cm³/mol. The van der Waals surface area contributed by atoms with Gasteiger partial charge in [-0.05, 0) is 43.3 Å². The van der Waals surface area contributed by atoms with Crippen molar-refractivity contribution in [3.63, 3.8) is 0 Å². The van der Waals surface area contributed by atoms with Crippen molar-refractivity contribution < 1.29 is 22.7 Å². The van der Waals surface area contributed by atoms with Gasteiger partial charge >= 0.3 is 0 Å². The van der Waals surface area contributed by atoms with E-state index in [1.165, 1.54) is 11.8 Å². The largest absolute Gasteiger partial charge is 0.497 e. The number of sulfone groups is 1. The van der Waals surface area contributed by atoms with Gasteiger partial charge in [0.25, 0.3) is 5.91 Å². The van der Waals surface area contributed by atoms with Crippen LogP contribution in [-0.2, 0) is 14.6 Å². The quantitative estimate of drug-likeness (QED) is 0.698. The molecule has 0 N–H and O–H groups in total. The van der Waals surface area contributed by atoms with Crippen molar-refractivity contribution in [2.24, 2.45) is 4.99 Å². The summed E-state index contributed by atoms with van der Waals surface area (Å²) in [6.07, 6.45) is -0.762. The van der Waals surface area contributed by atoms with Crippen molar-refractivity contribution in [3.05, 3.63) is 54.6 Å². The molecular formula is C21H22N2O5S2. The first-order valence-corrected chi connectivity index (χ1v) is 12.2. The van der Waals surface area contributed by atoms with Crippen LogP contribution in [-0.4, -0.2) is 55.5 Å². The van der Waals surface area contributed by atoms with E-state index < -0.39 is 21.8 Å². The van der Waals surface area contributed by atoms with E-state index in [1.54, 1.807) is 38.3 Å². The number of anilines is 1. The third kappa shape index (κ3) is 4.32. The maximum Gasteiger partial charge on any atom is 0.288 e. The maximum absolute atomic E-state index is 12.7. The number of amidine groups is 1. The van der Waals surface area contributed by atoms with Gasteiger partial charge in [-0.2, -0.15) is 4.99 Å². The lowest BCUT2D eigenvalue weighted by Gasteiger charge is -2.24. The average Bonchev–Trinajstić information content (AvgIpc) is 3.19. The van der Waals surface area contributed by atoms with Gasteiger partial charge in [-0.3, -0.25) is 4.79 Å². The van der Waals surface area contributed by atoms with Gasteiger partial charge in [-0.25, -0.2) is 8.42 Å². The molecule has 2 aromatic rings. The topological polar surface area (TPSA) is 85.3 Å². The standard InChI is InChI=1S/C21H22N2O5S2/c1-14(28-17-6-4-3-5-7-17)20(24)22-21-23(15-8-10-16(27-2)11-9-15)18-12-30(25,26)13-19(18)29-21/h3-11,14,18-19H,12-13H2,1-2H3/t14-,18+,19-/m0/s1. The number of rotatable bonds is 5. The second-order valence-corrected chi connectivity index (χ2v) is 10.5. The van der Waals surface area contributed by atoms with E-state index in [0.29, 0.717) is 16.7 Å². The molecule has 0 aromatic heterocycles. The lowest BCUT2D eigenvalue weighted by molar-refractivity contribution is -0.123. The Balaban J connectivity index is 1.60. The highest BCUT2D eigenvalue weighted by Gasteiger charge is 2.49. The molecule has 3 atom stereocenters. The zero-order valence-electron chi connectivity index (χ0n) is 16.6. The molecular weight excluding hydrogens is 424 g/mol. The maximum atomic E-state index is 12.7. The number of aliphatic imine (C=N–C) groups is 1. The first-order valence-electron chi connectivity index (χ1n) is 9.51. The van der Waals surface area contributed by atoms with Crippen molar-refractivity contribution in [2.75, 3.05) is 23.5 Å². The lowest BCUT2D eigenvalue weighted by atomic mass is 10.2.